The Labute approximate surface area is 220 Å². The van der Waals surface area contributed by atoms with E-state index in [4.69, 9.17) is 14.5 Å². The van der Waals surface area contributed by atoms with Crippen LogP contribution in [0, 0.1) is 0 Å². The number of hydrogen-bond acceptors (Lipinski definition) is 5. The molecule has 0 radical (unpaired) electrons. The molecule has 5 aromatic rings. The molecular formula is C32H26N2O4. The van der Waals surface area contributed by atoms with Gasteiger partial charge in [-0.05, 0) is 41.0 Å². The minimum absolute atomic E-state index is 0.0161. The molecule has 0 saturated carbocycles. The Kier molecular flexibility index (Phi) is 6.00. The van der Waals surface area contributed by atoms with Gasteiger partial charge in [-0.3, -0.25) is 9.59 Å². The van der Waals surface area contributed by atoms with Crippen LogP contribution < -0.4 is 9.47 Å². The van der Waals surface area contributed by atoms with Crippen molar-refractivity contribution < 1.29 is 19.1 Å². The summed E-state index contributed by atoms with van der Waals surface area (Å²) in [6.07, 6.45) is 0. The van der Waals surface area contributed by atoms with E-state index in [1.807, 2.05) is 60.7 Å². The fourth-order valence-corrected chi connectivity index (χ4v) is 5.10. The number of methoxy groups -OCH3 is 1. The van der Waals surface area contributed by atoms with Crippen LogP contribution in [-0.4, -0.2) is 28.6 Å². The number of aromatic nitrogens is 2. The summed E-state index contributed by atoms with van der Waals surface area (Å²) in [5, 5.41) is 0. The van der Waals surface area contributed by atoms with Gasteiger partial charge in [0.05, 0.1) is 12.6 Å². The quantitative estimate of drug-likeness (QED) is 0.258. The average Bonchev–Trinajstić information content (AvgIpc) is 3.52. The zero-order valence-electron chi connectivity index (χ0n) is 21.1. The standard InChI is InChI=1S/C32H26N2O4/c1-19(21-11-7-4-8-12-21)32-33-28-24(15-16-26(37-2)29(28)34-32)27-30(35)23-14-13-22(17-25(23)31(27)36)38-18-20-9-5-3-6-10-20/h3-17,19,27H,18H2,1-2H3,(H,33,34). The van der Waals surface area contributed by atoms with E-state index in [-0.39, 0.29) is 17.5 Å². The highest BCUT2D eigenvalue weighted by atomic mass is 16.5. The number of fused-ring (bicyclic) bond motifs is 2. The van der Waals surface area contributed by atoms with Gasteiger partial charge in [0.1, 0.15) is 35.4 Å². The molecule has 0 spiro atoms. The minimum atomic E-state index is -0.955. The molecular weight excluding hydrogens is 476 g/mol. The number of imidazole rings is 1. The Morgan fingerprint density at radius 3 is 2.32 bits per heavy atom. The van der Waals surface area contributed by atoms with Crippen molar-refractivity contribution in [2.75, 3.05) is 7.11 Å². The summed E-state index contributed by atoms with van der Waals surface area (Å²) < 4.78 is 11.5. The van der Waals surface area contributed by atoms with Crippen molar-refractivity contribution in [3.8, 4) is 11.5 Å². The van der Waals surface area contributed by atoms with Crippen molar-refractivity contribution in [1.29, 1.82) is 0 Å². The highest BCUT2D eigenvalue weighted by molar-refractivity contribution is 6.30. The number of aromatic amines is 1. The maximum absolute atomic E-state index is 13.7. The number of ether oxygens (including phenoxy) is 2. The predicted octanol–water partition coefficient (Wildman–Crippen LogP) is 6.47. The summed E-state index contributed by atoms with van der Waals surface area (Å²) in [6, 6.07) is 28.5. The second-order valence-electron chi connectivity index (χ2n) is 9.48. The maximum atomic E-state index is 13.7. The molecule has 0 fully saturated rings. The molecule has 2 atom stereocenters. The lowest BCUT2D eigenvalue weighted by Crippen LogP contribution is -2.13. The third-order valence-corrected chi connectivity index (χ3v) is 7.19. The highest BCUT2D eigenvalue weighted by Gasteiger charge is 2.41. The fraction of sp³-hybridized carbons (Fsp3) is 0.156. The van der Waals surface area contributed by atoms with Crippen LogP contribution in [-0.2, 0) is 6.61 Å². The number of hydrogen-bond donors (Lipinski definition) is 1. The number of nitrogens with zero attached hydrogens (tertiary/aromatic N) is 1. The summed E-state index contributed by atoms with van der Waals surface area (Å²) in [4.78, 5) is 35.4. The van der Waals surface area contributed by atoms with Gasteiger partial charge in [-0.25, -0.2) is 4.98 Å². The molecule has 0 saturated heterocycles. The molecule has 2 unspecified atom stereocenters. The van der Waals surface area contributed by atoms with Gasteiger partial charge in [0.15, 0.2) is 11.6 Å². The van der Waals surface area contributed by atoms with Crippen LogP contribution in [0.3, 0.4) is 0 Å². The van der Waals surface area contributed by atoms with E-state index in [1.165, 1.54) is 0 Å². The number of Topliss-reactive ketones (excluding diaryl/α,β-unsaturated/α-hetero) is 2. The summed E-state index contributed by atoms with van der Waals surface area (Å²) in [5.41, 5.74) is 4.76. The molecule has 0 aliphatic heterocycles. The van der Waals surface area contributed by atoms with Crippen LogP contribution in [0.15, 0.2) is 91.0 Å². The number of carbonyl (C=O) groups is 2. The first kappa shape index (κ1) is 23.7. The molecule has 6 rings (SSSR count). The zero-order chi connectivity index (χ0) is 26.2. The third kappa shape index (κ3) is 4.04. The van der Waals surface area contributed by atoms with E-state index in [0.717, 1.165) is 17.0 Å². The van der Waals surface area contributed by atoms with E-state index in [2.05, 4.69) is 11.9 Å². The molecule has 1 heterocycles. The van der Waals surface area contributed by atoms with Gasteiger partial charge in [-0.1, -0.05) is 73.7 Å². The van der Waals surface area contributed by atoms with Gasteiger partial charge < -0.3 is 14.5 Å². The van der Waals surface area contributed by atoms with Crippen LogP contribution >= 0.6 is 0 Å². The van der Waals surface area contributed by atoms with Crippen molar-refractivity contribution in [3.63, 3.8) is 0 Å². The first-order chi connectivity index (χ1) is 18.5. The van der Waals surface area contributed by atoms with Crippen molar-refractivity contribution in [3.05, 3.63) is 125 Å². The van der Waals surface area contributed by atoms with Crippen LogP contribution in [0.4, 0.5) is 0 Å². The Morgan fingerprint density at radius 1 is 0.868 bits per heavy atom. The fourth-order valence-electron chi connectivity index (χ4n) is 5.10. The van der Waals surface area contributed by atoms with Gasteiger partial charge in [-0.2, -0.15) is 0 Å². The highest BCUT2D eigenvalue weighted by Crippen LogP contribution is 2.40. The van der Waals surface area contributed by atoms with E-state index in [0.29, 0.717) is 45.8 Å². The number of carbonyl (C=O) groups excluding carboxylic acids is 2. The molecule has 38 heavy (non-hydrogen) atoms. The lowest BCUT2D eigenvalue weighted by molar-refractivity contribution is 0.0890. The Hall–Kier alpha value is -4.71. The monoisotopic (exact) mass is 502 g/mol. The van der Waals surface area contributed by atoms with Crippen LogP contribution in [0.2, 0.25) is 0 Å². The first-order valence-electron chi connectivity index (χ1n) is 12.6. The smallest absolute Gasteiger partial charge is 0.179 e. The van der Waals surface area contributed by atoms with Gasteiger partial charge in [0.25, 0.3) is 0 Å². The molecule has 188 valence electrons. The molecule has 1 N–H and O–H groups in total. The van der Waals surface area contributed by atoms with Gasteiger partial charge in [-0.15, -0.1) is 0 Å². The first-order valence-corrected chi connectivity index (χ1v) is 12.6. The summed E-state index contributed by atoms with van der Waals surface area (Å²) >= 11 is 0. The molecule has 1 aliphatic carbocycles. The SMILES string of the molecule is COc1ccc(C2C(=O)c3ccc(OCc4ccccc4)cc3C2=O)c2[nH]c(C(C)c3ccccc3)nc12. The largest absolute Gasteiger partial charge is 0.494 e. The van der Waals surface area contributed by atoms with Crippen molar-refractivity contribution in [1.82, 2.24) is 9.97 Å². The number of ketones is 2. The molecule has 1 aliphatic rings. The molecule has 6 heteroatoms. The van der Waals surface area contributed by atoms with E-state index >= 15 is 0 Å². The zero-order valence-corrected chi connectivity index (χ0v) is 21.1. The van der Waals surface area contributed by atoms with Crippen molar-refractivity contribution >= 4 is 22.6 Å². The van der Waals surface area contributed by atoms with Crippen LogP contribution in [0.25, 0.3) is 11.0 Å². The molecule has 4 aromatic carbocycles. The van der Waals surface area contributed by atoms with Crippen LogP contribution in [0.1, 0.15) is 62.0 Å². The second-order valence-corrected chi connectivity index (χ2v) is 9.48. The normalized spacial score (nSPS) is 15.5. The Morgan fingerprint density at radius 2 is 1.58 bits per heavy atom. The number of benzene rings is 4. The van der Waals surface area contributed by atoms with E-state index < -0.39 is 5.92 Å². The lowest BCUT2D eigenvalue weighted by atomic mass is 9.93. The van der Waals surface area contributed by atoms with E-state index in [9.17, 15) is 9.59 Å². The van der Waals surface area contributed by atoms with E-state index in [1.54, 1.807) is 37.4 Å². The molecule has 0 bridgehead atoms. The number of rotatable bonds is 7. The molecule has 1 aromatic heterocycles. The second kappa shape index (κ2) is 9.63. The number of H-pyrrole nitrogens is 1. The third-order valence-electron chi connectivity index (χ3n) is 7.19. The molecule has 6 nitrogen and oxygen atoms in total. The van der Waals surface area contributed by atoms with Crippen LogP contribution in [0.5, 0.6) is 11.5 Å². The van der Waals surface area contributed by atoms with Gasteiger partial charge in [0, 0.05) is 17.0 Å². The minimum Gasteiger partial charge on any atom is -0.494 e. The van der Waals surface area contributed by atoms with Gasteiger partial charge in [0.2, 0.25) is 0 Å². The topological polar surface area (TPSA) is 81.3 Å². The molecule has 0 amide bonds. The Balaban J connectivity index is 1.35. The van der Waals surface area contributed by atoms with Crippen molar-refractivity contribution in [2.45, 2.75) is 25.4 Å². The van der Waals surface area contributed by atoms with Crippen molar-refractivity contribution in [2.24, 2.45) is 0 Å². The van der Waals surface area contributed by atoms with Gasteiger partial charge >= 0.3 is 0 Å². The summed E-state index contributed by atoms with van der Waals surface area (Å²) in [5.74, 6) is 0.435. The average molecular weight is 503 g/mol. The summed E-state index contributed by atoms with van der Waals surface area (Å²) in [7, 11) is 1.59. The lowest BCUT2D eigenvalue weighted by Gasteiger charge is -2.10. The Bertz CT molecular complexity index is 1660. The number of nitrogens with one attached hydrogen (secondary N) is 1. The summed E-state index contributed by atoms with van der Waals surface area (Å²) in [6.45, 7) is 2.44. The predicted molar refractivity (Wildman–Crippen MR) is 145 cm³/mol. The maximum Gasteiger partial charge on any atom is 0.179 e.